The molecule has 14 heavy (non-hydrogen) atoms. The van der Waals surface area contributed by atoms with Gasteiger partial charge in [0.15, 0.2) is 5.78 Å². The first-order valence-electron chi connectivity index (χ1n) is 4.39. The third kappa shape index (κ3) is 0.876. The summed E-state index contributed by atoms with van der Waals surface area (Å²) in [5.74, 6) is 0.112. The molecule has 3 rings (SSSR count). The summed E-state index contributed by atoms with van der Waals surface area (Å²) >= 11 is 6.08. The largest absolute Gasteiger partial charge is 0.320 e. The molecule has 4 heteroatoms. The maximum Gasteiger partial charge on any atom is 0.182 e. The van der Waals surface area contributed by atoms with E-state index in [0.717, 1.165) is 10.9 Å². The maximum absolute atomic E-state index is 11.5. The normalized spacial score (nSPS) is 20.4. The zero-order chi connectivity index (χ0) is 9.71. The molecule has 0 N–H and O–H groups in total. The Morgan fingerprint density at radius 2 is 2.43 bits per heavy atom. The lowest BCUT2D eigenvalue weighted by Gasteiger charge is -2.04. The van der Waals surface area contributed by atoms with E-state index in [4.69, 9.17) is 11.6 Å². The monoisotopic (exact) mass is 206 g/mol. The Bertz CT molecular complexity index is 532. The second-order valence-corrected chi connectivity index (χ2v) is 3.90. The number of halogens is 1. The number of nitrogens with zero attached hydrogens (tertiary/aromatic N) is 2. The van der Waals surface area contributed by atoms with E-state index >= 15 is 0 Å². The fraction of sp³-hybridized carbons (Fsp3) is 0.200. The van der Waals surface area contributed by atoms with Crippen LogP contribution >= 0.6 is 11.6 Å². The van der Waals surface area contributed by atoms with Crippen molar-refractivity contribution in [3.05, 3.63) is 30.2 Å². The van der Waals surface area contributed by atoms with Crippen LogP contribution in [0.1, 0.15) is 22.4 Å². The van der Waals surface area contributed by atoms with Crippen LogP contribution in [0, 0.1) is 0 Å². The highest BCUT2D eigenvalue weighted by Gasteiger charge is 2.29. The summed E-state index contributed by atoms with van der Waals surface area (Å²) in [4.78, 5) is 15.5. The fourth-order valence-corrected chi connectivity index (χ4v) is 2.29. The lowest BCUT2D eigenvalue weighted by atomic mass is 10.2. The van der Waals surface area contributed by atoms with E-state index in [0.29, 0.717) is 12.1 Å². The number of alkyl halides is 1. The van der Waals surface area contributed by atoms with Crippen molar-refractivity contribution in [3.63, 3.8) is 0 Å². The van der Waals surface area contributed by atoms with E-state index in [1.165, 1.54) is 0 Å². The van der Waals surface area contributed by atoms with Crippen LogP contribution in [0.4, 0.5) is 0 Å². The van der Waals surface area contributed by atoms with Gasteiger partial charge in [-0.05, 0) is 12.1 Å². The van der Waals surface area contributed by atoms with Gasteiger partial charge in [0.05, 0.1) is 11.2 Å². The van der Waals surface area contributed by atoms with Gasteiger partial charge in [-0.25, -0.2) is 0 Å². The lowest BCUT2D eigenvalue weighted by molar-refractivity contribution is 0.0993. The molecule has 1 aliphatic rings. The highest BCUT2D eigenvalue weighted by Crippen LogP contribution is 2.34. The van der Waals surface area contributed by atoms with E-state index in [-0.39, 0.29) is 11.3 Å². The Labute approximate surface area is 85.3 Å². The van der Waals surface area contributed by atoms with Crippen LogP contribution in [0.25, 0.3) is 10.9 Å². The van der Waals surface area contributed by atoms with Crippen molar-refractivity contribution >= 4 is 28.3 Å². The van der Waals surface area contributed by atoms with E-state index in [1.807, 2.05) is 16.7 Å². The summed E-state index contributed by atoms with van der Waals surface area (Å²) in [6.45, 7) is 0. The molecular weight excluding hydrogens is 200 g/mol. The number of carbonyl (C=O) groups is 1. The predicted octanol–water partition coefficient (Wildman–Crippen LogP) is 2.36. The topological polar surface area (TPSA) is 34.9 Å². The molecule has 3 nitrogen and oxygen atoms in total. The average molecular weight is 207 g/mol. The third-order valence-electron chi connectivity index (χ3n) is 2.56. The molecule has 0 amide bonds. The van der Waals surface area contributed by atoms with Crippen molar-refractivity contribution in [2.75, 3.05) is 0 Å². The maximum atomic E-state index is 11.5. The zero-order valence-corrected chi connectivity index (χ0v) is 8.03. The Hall–Kier alpha value is -1.35. The fourth-order valence-electron chi connectivity index (χ4n) is 1.94. The standard InChI is InChI=1S/C10H7ClN2O/c11-10-4-9(14)8-3-6-5-12-2-1-7(6)13(8)10/h1-3,5,10H,4H2. The summed E-state index contributed by atoms with van der Waals surface area (Å²) in [5.41, 5.74) is 1.45. The van der Waals surface area contributed by atoms with Crippen LogP contribution in [0.3, 0.4) is 0 Å². The molecule has 2 aromatic rings. The zero-order valence-electron chi connectivity index (χ0n) is 7.27. The number of Topliss-reactive ketones (excluding diaryl/α,β-unsaturated/α-hetero) is 1. The van der Waals surface area contributed by atoms with Gasteiger partial charge in [-0.2, -0.15) is 0 Å². The SMILES string of the molecule is O=C1CC(Cl)n2c1cc1cnccc12. The summed E-state index contributed by atoms with van der Waals surface area (Å²) in [7, 11) is 0. The molecule has 0 aromatic carbocycles. The summed E-state index contributed by atoms with van der Waals surface area (Å²) in [5, 5.41) is 0.973. The van der Waals surface area contributed by atoms with Crippen LogP contribution < -0.4 is 0 Å². The van der Waals surface area contributed by atoms with Crippen LogP contribution in [-0.2, 0) is 0 Å². The van der Waals surface area contributed by atoms with Gasteiger partial charge in [0, 0.05) is 24.2 Å². The minimum Gasteiger partial charge on any atom is -0.320 e. The first kappa shape index (κ1) is 8.00. The number of pyridine rings is 1. The van der Waals surface area contributed by atoms with E-state index < -0.39 is 0 Å². The van der Waals surface area contributed by atoms with Crippen LogP contribution in [0.2, 0.25) is 0 Å². The second kappa shape index (κ2) is 2.58. The number of fused-ring (bicyclic) bond motifs is 3. The molecule has 70 valence electrons. The molecule has 0 bridgehead atoms. The molecule has 0 fully saturated rings. The number of hydrogen-bond donors (Lipinski definition) is 0. The van der Waals surface area contributed by atoms with Gasteiger partial charge in [0.2, 0.25) is 0 Å². The van der Waals surface area contributed by atoms with Crippen LogP contribution in [0.5, 0.6) is 0 Å². The van der Waals surface area contributed by atoms with Crippen LogP contribution in [0.15, 0.2) is 24.5 Å². The van der Waals surface area contributed by atoms with Gasteiger partial charge in [-0.3, -0.25) is 9.78 Å². The van der Waals surface area contributed by atoms with Crippen molar-refractivity contribution < 1.29 is 4.79 Å². The molecule has 1 unspecified atom stereocenters. The Balaban J connectivity index is 2.43. The van der Waals surface area contributed by atoms with Gasteiger partial charge in [0.25, 0.3) is 0 Å². The molecular formula is C10H7ClN2O. The number of aromatic nitrogens is 2. The second-order valence-electron chi connectivity index (χ2n) is 3.40. The van der Waals surface area contributed by atoms with Crippen molar-refractivity contribution in [1.29, 1.82) is 0 Å². The smallest absolute Gasteiger partial charge is 0.182 e. The van der Waals surface area contributed by atoms with Gasteiger partial charge in [0.1, 0.15) is 5.50 Å². The first-order chi connectivity index (χ1) is 6.77. The van der Waals surface area contributed by atoms with Crippen molar-refractivity contribution in [2.45, 2.75) is 11.9 Å². The summed E-state index contributed by atoms with van der Waals surface area (Å²) < 4.78 is 1.88. The van der Waals surface area contributed by atoms with Crippen molar-refractivity contribution in [1.82, 2.24) is 9.55 Å². The quantitative estimate of drug-likeness (QED) is 0.621. The summed E-state index contributed by atoms with van der Waals surface area (Å²) in [6, 6.07) is 3.74. The van der Waals surface area contributed by atoms with E-state index in [1.54, 1.807) is 12.4 Å². The molecule has 3 heterocycles. The molecule has 1 atom stereocenters. The number of hydrogen-bond acceptors (Lipinski definition) is 2. The molecule has 1 aliphatic heterocycles. The van der Waals surface area contributed by atoms with Gasteiger partial charge in [-0.15, -0.1) is 0 Å². The molecule has 0 radical (unpaired) electrons. The molecule has 0 aliphatic carbocycles. The minimum absolute atomic E-state index is 0.112. The third-order valence-corrected chi connectivity index (χ3v) is 2.91. The Morgan fingerprint density at radius 3 is 3.29 bits per heavy atom. The van der Waals surface area contributed by atoms with Gasteiger partial charge >= 0.3 is 0 Å². The van der Waals surface area contributed by atoms with E-state index in [9.17, 15) is 4.79 Å². The van der Waals surface area contributed by atoms with Crippen molar-refractivity contribution in [2.24, 2.45) is 0 Å². The average Bonchev–Trinajstić information content (AvgIpc) is 2.66. The highest BCUT2D eigenvalue weighted by molar-refractivity contribution is 6.23. The van der Waals surface area contributed by atoms with Gasteiger partial charge in [-0.1, -0.05) is 11.6 Å². The highest BCUT2D eigenvalue weighted by atomic mass is 35.5. The minimum atomic E-state index is -0.239. The molecule has 2 aromatic heterocycles. The Morgan fingerprint density at radius 1 is 1.57 bits per heavy atom. The molecule has 0 spiro atoms. The molecule has 0 saturated carbocycles. The number of carbonyl (C=O) groups excluding carboxylic acids is 1. The van der Waals surface area contributed by atoms with Crippen LogP contribution in [-0.4, -0.2) is 15.3 Å². The number of rotatable bonds is 0. The number of ketones is 1. The molecule has 0 saturated heterocycles. The van der Waals surface area contributed by atoms with Crippen molar-refractivity contribution in [3.8, 4) is 0 Å². The van der Waals surface area contributed by atoms with Gasteiger partial charge < -0.3 is 4.57 Å². The first-order valence-corrected chi connectivity index (χ1v) is 4.83. The van der Waals surface area contributed by atoms with E-state index in [2.05, 4.69) is 4.98 Å². The summed E-state index contributed by atoms with van der Waals surface area (Å²) in [6.07, 6.45) is 3.86. The Kier molecular flexibility index (Phi) is 1.47. The predicted molar refractivity (Wildman–Crippen MR) is 53.6 cm³/mol. The lowest BCUT2D eigenvalue weighted by Crippen LogP contribution is -1.95.